The van der Waals surface area contributed by atoms with Crippen LogP contribution in [0, 0.1) is 15.9 Å². The van der Waals surface area contributed by atoms with Gasteiger partial charge in [0.2, 0.25) is 0 Å². The summed E-state index contributed by atoms with van der Waals surface area (Å²) in [6, 6.07) is 11.6. The normalized spacial score (nSPS) is 19.6. The number of nitrogens with zero attached hydrogens (tertiary/aromatic N) is 1. The Morgan fingerprint density at radius 3 is 2.78 bits per heavy atom. The van der Waals surface area contributed by atoms with Crippen LogP contribution in [0.15, 0.2) is 42.5 Å². The van der Waals surface area contributed by atoms with E-state index in [1.807, 2.05) is 24.3 Å². The highest BCUT2D eigenvalue weighted by molar-refractivity contribution is 5.42. The van der Waals surface area contributed by atoms with Crippen molar-refractivity contribution >= 4 is 5.69 Å². The van der Waals surface area contributed by atoms with Gasteiger partial charge in [0.15, 0.2) is 0 Å². The van der Waals surface area contributed by atoms with E-state index in [0.717, 1.165) is 17.5 Å². The van der Waals surface area contributed by atoms with Gasteiger partial charge < -0.3 is 10.4 Å². The van der Waals surface area contributed by atoms with Gasteiger partial charge in [-0.15, -0.1) is 0 Å². The summed E-state index contributed by atoms with van der Waals surface area (Å²) in [7, 11) is 0. The van der Waals surface area contributed by atoms with Crippen molar-refractivity contribution in [1.29, 1.82) is 0 Å². The Balaban J connectivity index is 1.90. The summed E-state index contributed by atoms with van der Waals surface area (Å²) in [5.74, 6) is -0.619. The molecule has 1 aliphatic carbocycles. The largest absolute Gasteiger partial charge is 0.394 e. The van der Waals surface area contributed by atoms with Gasteiger partial charge in [0, 0.05) is 12.6 Å². The number of nitro benzene ring substituents is 1. The van der Waals surface area contributed by atoms with Crippen LogP contribution in [0.2, 0.25) is 0 Å². The number of aryl methyl sites for hydroxylation is 1. The molecule has 6 heteroatoms. The molecule has 5 nitrogen and oxygen atoms in total. The van der Waals surface area contributed by atoms with Gasteiger partial charge in [-0.3, -0.25) is 10.1 Å². The second-order valence-electron chi connectivity index (χ2n) is 5.75. The lowest BCUT2D eigenvalue weighted by Gasteiger charge is -2.30. The van der Waals surface area contributed by atoms with Crippen LogP contribution in [-0.2, 0) is 18.5 Å². The summed E-state index contributed by atoms with van der Waals surface area (Å²) in [5, 5.41) is 24.1. The molecule has 0 saturated heterocycles. The van der Waals surface area contributed by atoms with Crippen molar-refractivity contribution in [3.63, 3.8) is 0 Å². The van der Waals surface area contributed by atoms with Crippen molar-refractivity contribution in [2.45, 2.75) is 24.9 Å². The molecular weight excluding hydrogens is 299 g/mol. The van der Waals surface area contributed by atoms with E-state index in [1.54, 1.807) is 0 Å². The number of fused-ring (bicyclic) bond motifs is 1. The SMILES string of the molecule is O=[N+]([O-])c1cccc(F)c1CNC1(CO)CCc2ccccc21. The predicted molar refractivity (Wildman–Crippen MR) is 83.4 cm³/mol. The second kappa shape index (κ2) is 6.06. The second-order valence-corrected chi connectivity index (χ2v) is 5.75. The van der Waals surface area contributed by atoms with Gasteiger partial charge in [0.05, 0.1) is 22.6 Å². The van der Waals surface area contributed by atoms with Crippen LogP contribution < -0.4 is 5.32 Å². The zero-order valence-electron chi connectivity index (χ0n) is 12.5. The Kier molecular flexibility index (Phi) is 4.11. The smallest absolute Gasteiger partial charge is 0.276 e. The van der Waals surface area contributed by atoms with E-state index in [4.69, 9.17) is 0 Å². The maximum absolute atomic E-state index is 14.0. The number of aliphatic hydroxyl groups excluding tert-OH is 1. The van der Waals surface area contributed by atoms with E-state index >= 15 is 0 Å². The molecule has 0 aromatic heterocycles. The molecule has 0 spiro atoms. The van der Waals surface area contributed by atoms with Gasteiger partial charge in [0.1, 0.15) is 5.82 Å². The molecule has 0 radical (unpaired) electrons. The van der Waals surface area contributed by atoms with E-state index in [9.17, 15) is 19.6 Å². The lowest BCUT2D eigenvalue weighted by molar-refractivity contribution is -0.385. The van der Waals surface area contributed by atoms with Crippen LogP contribution in [0.1, 0.15) is 23.1 Å². The first-order valence-corrected chi connectivity index (χ1v) is 7.43. The zero-order chi connectivity index (χ0) is 16.4. The van der Waals surface area contributed by atoms with Crippen molar-refractivity contribution in [3.05, 3.63) is 75.1 Å². The van der Waals surface area contributed by atoms with Crippen molar-refractivity contribution < 1.29 is 14.4 Å². The first-order chi connectivity index (χ1) is 11.1. The minimum atomic E-state index is -0.688. The quantitative estimate of drug-likeness (QED) is 0.657. The van der Waals surface area contributed by atoms with E-state index in [2.05, 4.69) is 5.32 Å². The molecule has 0 fully saturated rings. The van der Waals surface area contributed by atoms with Gasteiger partial charge >= 0.3 is 0 Å². The van der Waals surface area contributed by atoms with Crippen molar-refractivity contribution in [2.24, 2.45) is 0 Å². The molecule has 0 aliphatic heterocycles. The van der Waals surface area contributed by atoms with Crippen LogP contribution in [0.5, 0.6) is 0 Å². The molecule has 2 N–H and O–H groups in total. The fourth-order valence-electron chi connectivity index (χ4n) is 3.24. The number of hydrogen-bond acceptors (Lipinski definition) is 4. The Bertz CT molecular complexity index is 750. The number of rotatable bonds is 5. The van der Waals surface area contributed by atoms with E-state index in [0.29, 0.717) is 6.42 Å². The number of aliphatic hydroxyl groups is 1. The Morgan fingerprint density at radius 1 is 1.26 bits per heavy atom. The predicted octanol–water partition coefficient (Wildman–Crippen LogP) is 2.66. The van der Waals surface area contributed by atoms with E-state index in [-0.39, 0.29) is 24.4 Å². The highest BCUT2D eigenvalue weighted by Crippen LogP contribution is 2.37. The molecule has 2 aromatic carbocycles. The lowest BCUT2D eigenvalue weighted by atomic mass is 9.92. The maximum Gasteiger partial charge on any atom is 0.276 e. The highest BCUT2D eigenvalue weighted by Gasteiger charge is 2.38. The number of halogens is 1. The summed E-state index contributed by atoms with van der Waals surface area (Å²) in [6.45, 7) is -0.163. The zero-order valence-corrected chi connectivity index (χ0v) is 12.5. The molecule has 0 bridgehead atoms. The molecule has 120 valence electrons. The Morgan fingerprint density at radius 2 is 2.04 bits per heavy atom. The van der Waals surface area contributed by atoms with Gasteiger partial charge in [-0.05, 0) is 30.0 Å². The average Bonchev–Trinajstić information content (AvgIpc) is 2.93. The van der Waals surface area contributed by atoms with Gasteiger partial charge in [0.25, 0.3) is 5.69 Å². The minimum absolute atomic E-state index is 0.00899. The highest BCUT2D eigenvalue weighted by atomic mass is 19.1. The fourth-order valence-corrected chi connectivity index (χ4v) is 3.24. The molecule has 0 amide bonds. The van der Waals surface area contributed by atoms with Crippen LogP contribution >= 0.6 is 0 Å². The fraction of sp³-hybridized carbons (Fsp3) is 0.294. The third-order valence-electron chi connectivity index (χ3n) is 4.52. The summed E-state index contributed by atoms with van der Waals surface area (Å²) in [4.78, 5) is 10.5. The van der Waals surface area contributed by atoms with Crippen LogP contribution in [-0.4, -0.2) is 16.6 Å². The maximum atomic E-state index is 14.0. The Hall–Kier alpha value is -2.31. The molecule has 0 heterocycles. The standard InChI is InChI=1S/C17H17FN2O3/c18-15-6-3-7-16(20(22)23)13(15)10-19-17(11-21)9-8-12-4-1-2-5-14(12)17/h1-7,19,21H,8-11H2. The Labute approximate surface area is 132 Å². The topological polar surface area (TPSA) is 75.4 Å². The van der Waals surface area contributed by atoms with Crippen molar-refractivity contribution in [3.8, 4) is 0 Å². The van der Waals surface area contributed by atoms with Crippen LogP contribution in [0.4, 0.5) is 10.1 Å². The monoisotopic (exact) mass is 316 g/mol. The number of nitrogens with one attached hydrogen (secondary N) is 1. The number of benzene rings is 2. The number of hydrogen-bond donors (Lipinski definition) is 2. The summed E-state index contributed by atoms with van der Waals surface area (Å²) in [6.07, 6.45) is 1.48. The van der Waals surface area contributed by atoms with Crippen LogP contribution in [0.25, 0.3) is 0 Å². The third kappa shape index (κ3) is 2.71. The summed E-state index contributed by atoms with van der Waals surface area (Å²) in [5.41, 5.74) is 1.18. The third-order valence-corrected chi connectivity index (χ3v) is 4.52. The minimum Gasteiger partial charge on any atom is -0.394 e. The van der Waals surface area contributed by atoms with Crippen molar-refractivity contribution in [1.82, 2.24) is 5.32 Å². The van der Waals surface area contributed by atoms with Gasteiger partial charge in [-0.2, -0.15) is 0 Å². The molecule has 2 aromatic rings. The number of nitro groups is 1. The molecule has 1 aliphatic rings. The molecule has 1 atom stereocenters. The molecule has 0 saturated carbocycles. The first kappa shape index (κ1) is 15.6. The molecule has 1 unspecified atom stereocenters. The van der Waals surface area contributed by atoms with Gasteiger partial charge in [-0.25, -0.2) is 4.39 Å². The average molecular weight is 316 g/mol. The first-order valence-electron chi connectivity index (χ1n) is 7.43. The lowest BCUT2D eigenvalue weighted by Crippen LogP contribution is -2.43. The molecule has 3 rings (SSSR count). The summed E-state index contributed by atoms with van der Waals surface area (Å²) >= 11 is 0. The van der Waals surface area contributed by atoms with E-state index < -0.39 is 16.3 Å². The molecule has 23 heavy (non-hydrogen) atoms. The molecular formula is C17H17FN2O3. The van der Waals surface area contributed by atoms with Crippen LogP contribution in [0.3, 0.4) is 0 Å². The van der Waals surface area contributed by atoms with Crippen molar-refractivity contribution in [2.75, 3.05) is 6.61 Å². The van der Waals surface area contributed by atoms with Gasteiger partial charge in [-0.1, -0.05) is 30.3 Å². The summed E-state index contributed by atoms with van der Waals surface area (Å²) < 4.78 is 14.0. The van der Waals surface area contributed by atoms with E-state index in [1.165, 1.54) is 18.2 Å².